The summed E-state index contributed by atoms with van der Waals surface area (Å²) in [6.07, 6.45) is -4.64. The zero-order valence-electron chi connectivity index (χ0n) is 9.51. The van der Waals surface area contributed by atoms with Gasteiger partial charge in [0.2, 0.25) is 5.91 Å². The van der Waals surface area contributed by atoms with Crippen LogP contribution in [0.25, 0.3) is 0 Å². The van der Waals surface area contributed by atoms with E-state index in [4.69, 9.17) is 17.3 Å². The van der Waals surface area contributed by atoms with Crippen molar-refractivity contribution >= 4 is 23.2 Å². The SMILES string of the molecule is CC(N)CC(=O)Nc1ccc(Cl)cc1C(F)(F)F. The van der Waals surface area contributed by atoms with Crippen LogP contribution in [0.2, 0.25) is 5.02 Å². The molecular formula is C11H12ClF3N2O. The lowest BCUT2D eigenvalue weighted by molar-refractivity contribution is -0.137. The first-order chi connectivity index (χ1) is 8.20. The molecule has 0 spiro atoms. The van der Waals surface area contributed by atoms with E-state index >= 15 is 0 Å². The van der Waals surface area contributed by atoms with Crippen molar-refractivity contribution in [1.82, 2.24) is 0 Å². The third-order valence-electron chi connectivity index (χ3n) is 2.07. The van der Waals surface area contributed by atoms with Crippen LogP contribution in [0.1, 0.15) is 18.9 Å². The monoisotopic (exact) mass is 280 g/mol. The Morgan fingerprint density at radius 3 is 2.61 bits per heavy atom. The van der Waals surface area contributed by atoms with Crippen molar-refractivity contribution in [3.63, 3.8) is 0 Å². The van der Waals surface area contributed by atoms with Crippen molar-refractivity contribution in [3.8, 4) is 0 Å². The minimum atomic E-state index is -4.58. The van der Waals surface area contributed by atoms with E-state index in [0.717, 1.165) is 12.1 Å². The van der Waals surface area contributed by atoms with E-state index in [1.807, 2.05) is 0 Å². The normalized spacial score (nSPS) is 13.2. The molecule has 1 aromatic carbocycles. The number of rotatable bonds is 3. The van der Waals surface area contributed by atoms with E-state index in [1.165, 1.54) is 6.07 Å². The van der Waals surface area contributed by atoms with Gasteiger partial charge in [-0.15, -0.1) is 0 Å². The van der Waals surface area contributed by atoms with Gasteiger partial charge in [0, 0.05) is 17.5 Å². The Labute approximate surface area is 107 Å². The summed E-state index contributed by atoms with van der Waals surface area (Å²) in [4.78, 5) is 11.4. The van der Waals surface area contributed by atoms with E-state index in [0.29, 0.717) is 0 Å². The first-order valence-electron chi connectivity index (χ1n) is 5.12. The molecule has 100 valence electrons. The predicted molar refractivity (Wildman–Crippen MR) is 63.4 cm³/mol. The van der Waals surface area contributed by atoms with Crippen molar-refractivity contribution in [2.24, 2.45) is 5.73 Å². The molecule has 0 aliphatic heterocycles. The summed E-state index contributed by atoms with van der Waals surface area (Å²) in [5, 5.41) is 2.13. The topological polar surface area (TPSA) is 55.1 Å². The zero-order chi connectivity index (χ0) is 13.9. The van der Waals surface area contributed by atoms with Crippen LogP contribution < -0.4 is 11.1 Å². The summed E-state index contributed by atoms with van der Waals surface area (Å²) < 4.78 is 38.1. The third kappa shape index (κ3) is 4.19. The maximum atomic E-state index is 12.7. The fourth-order valence-corrected chi connectivity index (χ4v) is 1.53. The standard InChI is InChI=1S/C11H12ClF3N2O/c1-6(16)4-10(18)17-9-3-2-7(12)5-8(9)11(13,14)15/h2-3,5-6H,4,16H2,1H3,(H,17,18). The van der Waals surface area contributed by atoms with Crippen molar-refractivity contribution < 1.29 is 18.0 Å². The Kier molecular flexibility index (Phi) is 4.59. The average Bonchev–Trinajstić information content (AvgIpc) is 2.17. The summed E-state index contributed by atoms with van der Waals surface area (Å²) in [7, 11) is 0. The Morgan fingerprint density at radius 1 is 1.50 bits per heavy atom. The maximum Gasteiger partial charge on any atom is 0.418 e. The highest BCUT2D eigenvalue weighted by Gasteiger charge is 2.34. The molecule has 1 rings (SSSR count). The number of hydrogen-bond donors (Lipinski definition) is 2. The van der Waals surface area contributed by atoms with Crippen LogP contribution in [0.4, 0.5) is 18.9 Å². The van der Waals surface area contributed by atoms with Gasteiger partial charge in [0.1, 0.15) is 0 Å². The van der Waals surface area contributed by atoms with Crippen LogP contribution in [0.3, 0.4) is 0 Å². The number of anilines is 1. The molecule has 1 unspecified atom stereocenters. The molecule has 7 heteroatoms. The van der Waals surface area contributed by atoms with E-state index < -0.39 is 23.7 Å². The maximum absolute atomic E-state index is 12.7. The summed E-state index contributed by atoms with van der Waals surface area (Å²) in [6, 6.07) is 2.73. The highest BCUT2D eigenvalue weighted by atomic mass is 35.5. The lowest BCUT2D eigenvalue weighted by atomic mass is 10.1. The second-order valence-corrected chi connectivity index (χ2v) is 4.35. The smallest absolute Gasteiger partial charge is 0.327 e. The van der Waals surface area contributed by atoms with Crippen LogP contribution in [0.15, 0.2) is 18.2 Å². The van der Waals surface area contributed by atoms with Gasteiger partial charge in [-0.05, 0) is 25.1 Å². The summed E-state index contributed by atoms with van der Waals surface area (Å²) >= 11 is 5.51. The molecule has 0 aliphatic carbocycles. The van der Waals surface area contributed by atoms with Gasteiger partial charge in [-0.3, -0.25) is 4.79 Å². The van der Waals surface area contributed by atoms with Gasteiger partial charge < -0.3 is 11.1 Å². The number of nitrogens with one attached hydrogen (secondary N) is 1. The predicted octanol–water partition coefficient (Wildman–Crippen LogP) is 3.03. The summed E-state index contributed by atoms with van der Waals surface area (Å²) in [6.45, 7) is 1.59. The second kappa shape index (κ2) is 5.58. The van der Waals surface area contributed by atoms with Crippen molar-refractivity contribution in [2.45, 2.75) is 25.6 Å². The van der Waals surface area contributed by atoms with Crippen LogP contribution in [0, 0.1) is 0 Å². The lowest BCUT2D eigenvalue weighted by Gasteiger charge is -2.14. The van der Waals surface area contributed by atoms with Crippen LogP contribution in [-0.2, 0) is 11.0 Å². The largest absolute Gasteiger partial charge is 0.418 e. The molecule has 3 nitrogen and oxygen atoms in total. The Morgan fingerprint density at radius 2 is 2.11 bits per heavy atom. The highest BCUT2D eigenvalue weighted by Crippen LogP contribution is 2.36. The first-order valence-corrected chi connectivity index (χ1v) is 5.50. The number of benzene rings is 1. The molecule has 0 fully saturated rings. The van der Waals surface area contributed by atoms with Crippen molar-refractivity contribution in [2.75, 3.05) is 5.32 Å². The van der Waals surface area contributed by atoms with Crippen LogP contribution >= 0.6 is 11.6 Å². The van der Waals surface area contributed by atoms with E-state index in [-0.39, 0.29) is 17.1 Å². The first kappa shape index (κ1) is 14.8. The quantitative estimate of drug-likeness (QED) is 0.894. The number of carbonyl (C=O) groups excluding carboxylic acids is 1. The molecule has 18 heavy (non-hydrogen) atoms. The molecule has 3 N–H and O–H groups in total. The second-order valence-electron chi connectivity index (χ2n) is 3.92. The molecule has 1 aromatic rings. The fraction of sp³-hybridized carbons (Fsp3) is 0.364. The minimum Gasteiger partial charge on any atom is -0.327 e. The van der Waals surface area contributed by atoms with Gasteiger partial charge >= 0.3 is 6.18 Å². The molecule has 0 radical (unpaired) electrons. The third-order valence-corrected chi connectivity index (χ3v) is 2.30. The highest BCUT2D eigenvalue weighted by molar-refractivity contribution is 6.30. The number of hydrogen-bond acceptors (Lipinski definition) is 2. The lowest BCUT2D eigenvalue weighted by Crippen LogP contribution is -2.25. The Balaban J connectivity index is 2.99. The molecule has 0 bridgehead atoms. The minimum absolute atomic E-state index is 0.0486. The number of nitrogens with two attached hydrogens (primary N) is 1. The molecule has 0 heterocycles. The van der Waals surface area contributed by atoms with Gasteiger partial charge in [-0.25, -0.2) is 0 Å². The van der Waals surface area contributed by atoms with E-state index in [1.54, 1.807) is 6.92 Å². The van der Waals surface area contributed by atoms with Crippen molar-refractivity contribution in [1.29, 1.82) is 0 Å². The molecule has 1 atom stereocenters. The van der Waals surface area contributed by atoms with E-state index in [9.17, 15) is 18.0 Å². The summed E-state index contributed by atoms with van der Waals surface area (Å²) in [5.74, 6) is -0.571. The number of alkyl halides is 3. The zero-order valence-corrected chi connectivity index (χ0v) is 10.3. The fourth-order valence-electron chi connectivity index (χ4n) is 1.35. The van der Waals surface area contributed by atoms with Gasteiger partial charge in [0.05, 0.1) is 11.3 Å². The molecule has 0 saturated carbocycles. The number of halogens is 4. The number of amides is 1. The number of carbonyl (C=O) groups is 1. The molecule has 0 aliphatic rings. The van der Waals surface area contributed by atoms with Crippen molar-refractivity contribution in [3.05, 3.63) is 28.8 Å². The molecule has 0 saturated heterocycles. The van der Waals surface area contributed by atoms with Crippen LogP contribution in [-0.4, -0.2) is 11.9 Å². The van der Waals surface area contributed by atoms with Gasteiger partial charge in [0.15, 0.2) is 0 Å². The van der Waals surface area contributed by atoms with Gasteiger partial charge in [-0.2, -0.15) is 13.2 Å². The molecular weight excluding hydrogens is 269 g/mol. The Bertz CT molecular complexity index is 446. The molecule has 0 aromatic heterocycles. The van der Waals surface area contributed by atoms with Gasteiger partial charge in [-0.1, -0.05) is 11.6 Å². The Hall–Kier alpha value is -1.27. The summed E-state index contributed by atoms with van der Waals surface area (Å²) in [5.41, 5.74) is 4.09. The molecule has 1 amide bonds. The van der Waals surface area contributed by atoms with Crippen LogP contribution in [0.5, 0.6) is 0 Å². The van der Waals surface area contributed by atoms with Gasteiger partial charge in [0.25, 0.3) is 0 Å². The average molecular weight is 281 g/mol. The van der Waals surface area contributed by atoms with E-state index in [2.05, 4.69) is 5.32 Å².